The second kappa shape index (κ2) is 5.58. The molecule has 0 aromatic carbocycles. The van der Waals surface area contributed by atoms with E-state index in [1.54, 1.807) is 0 Å². The van der Waals surface area contributed by atoms with Gasteiger partial charge in [0.2, 0.25) is 0 Å². The highest BCUT2D eigenvalue weighted by Crippen LogP contribution is 2.36. The normalized spacial score (nSPS) is 18.5. The minimum atomic E-state index is 0.460. The molecule has 0 radical (unpaired) electrons. The summed E-state index contributed by atoms with van der Waals surface area (Å²) in [6.45, 7) is 4.18. The van der Waals surface area contributed by atoms with Crippen molar-refractivity contribution in [2.75, 3.05) is 7.05 Å². The summed E-state index contributed by atoms with van der Waals surface area (Å²) in [7, 11) is 2.07. The predicted molar refractivity (Wildman–Crippen MR) is 69.9 cm³/mol. The number of aryl methyl sites for hydroxylation is 2. The van der Waals surface area contributed by atoms with Crippen molar-refractivity contribution in [3.8, 4) is 0 Å². The average molecular weight is 233 g/mol. The number of hydrogen-bond donors (Lipinski definition) is 1. The van der Waals surface area contributed by atoms with Gasteiger partial charge in [-0.3, -0.25) is 0 Å². The van der Waals surface area contributed by atoms with Gasteiger partial charge in [0.15, 0.2) is 0 Å². The summed E-state index contributed by atoms with van der Waals surface area (Å²) in [5.41, 5.74) is 3.55. The summed E-state index contributed by atoms with van der Waals surface area (Å²) in [6.07, 6.45) is 6.41. The maximum atomic E-state index is 4.35. The molecule has 0 spiro atoms. The topological polar surface area (TPSA) is 37.8 Å². The molecule has 1 aliphatic carbocycles. The molecule has 17 heavy (non-hydrogen) atoms. The molecule has 0 aliphatic heterocycles. The Morgan fingerprint density at radius 2 is 2.06 bits per heavy atom. The van der Waals surface area contributed by atoms with Gasteiger partial charge in [0.05, 0.1) is 11.4 Å². The van der Waals surface area contributed by atoms with Gasteiger partial charge in [-0.25, -0.2) is 0 Å². The van der Waals surface area contributed by atoms with Gasteiger partial charge in [-0.15, -0.1) is 0 Å². The molecule has 1 aromatic heterocycles. The summed E-state index contributed by atoms with van der Waals surface area (Å²) >= 11 is 0. The molecular formula is C14H23N3. The van der Waals surface area contributed by atoms with E-state index in [2.05, 4.69) is 35.6 Å². The number of rotatable bonds is 4. The van der Waals surface area contributed by atoms with E-state index in [9.17, 15) is 0 Å². The molecule has 1 heterocycles. The van der Waals surface area contributed by atoms with E-state index in [4.69, 9.17) is 0 Å². The van der Waals surface area contributed by atoms with Gasteiger partial charge in [0, 0.05) is 6.04 Å². The Morgan fingerprint density at radius 3 is 2.65 bits per heavy atom. The molecule has 1 unspecified atom stereocenters. The highest BCUT2D eigenvalue weighted by molar-refractivity contribution is 5.25. The van der Waals surface area contributed by atoms with E-state index in [1.807, 2.05) is 6.92 Å². The molecule has 1 atom stereocenters. The Labute approximate surface area is 104 Å². The first kappa shape index (κ1) is 12.5. The Hall–Kier alpha value is -0.960. The number of hydrogen-bond acceptors (Lipinski definition) is 3. The van der Waals surface area contributed by atoms with E-state index >= 15 is 0 Å². The van der Waals surface area contributed by atoms with Crippen LogP contribution in [-0.2, 0) is 6.42 Å². The molecule has 1 aliphatic rings. The van der Waals surface area contributed by atoms with Gasteiger partial charge < -0.3 is 5.32 Å². The molecule has 2 rings (SSSR count). The molecule has 0 amide bonds. The third-order valence-electron chi connectivity index (χ3n) is 3.88. The fourth-order valence-electron chi connectivity index (χ4n) is 3.01. The SMILES string of the molecule is CCc1nnc(C)cc1C(NC)C1CCCC1. The van der Waals surface area contributed by atoms with Crippen molar-refractivity contribution in [1.29, 1.82) is 0 Å². The lowest BCUT2D eigenvalue weighted by Crippen LogP contribution is -2.25. The Kier molecular flexibility index (Phi) is 4.11. The van der Waals surface area contributed by atoms with E-state index in [1.165, 1.54) is 31.2 Å². The van der Waals surface area contributed by atoms with Gasteiger partial charge in [0.25, 0.3) is 0 Å². The van der Waals surface area contributed by atoms with Crippen molar-refractivity contribution in [3.05, 3.63) is 23.0 Å². The van der Waals surface area contributed by atoms with Crippen molar-refractivity contribution >= 4 is 0 Å². The van der Waals surface area contributed by atoms with Crippen LogP contribution in [0.2, 0.25) is 0 Å². The lowest BCUT2D eigenvalue weighted by atomic mass is 9.90. The quantitative estimate of drug-likeness (QED) is 0.869. The zero-order valence-corrected chi connectivity index (χ0v) is 11.2. The van der Waals surface area contributed by atoms with E-state index < -0.39 is 0 Å². The molecule has 3 heteroatoms. The van der Waals surface area contributed by atoms with Gasteiger partial charge in [-0.2, -0.15) is 10.2 Å². The molecule has 1 N–H and O–H groups in total. The number of nitrogens with zero attached hydrogens (tertiary/aromatic N) is 2. The third kappa shape index (κ3) is 2.65. The summed E-state index contributed by atoms with van der Waals surface area (Å²) in [6, 6.07) is 2.67. The van der Waals surface area contributed by atoms with Crippen LogP contribution in [0, 0.1) is 12.8 Å². The molecule has 1 saturated carbocycles. The minimum Gasteiger partial charge on any atom is -0.313 e. The molecule has 0 saturated heterocycles. The van der Waals surface area contributed by atoms with Gasteiger partial charge >= 0.3 is 0 Å². The first-order valence-electron chi connectivity index (χ1n) is 6.76. The molecule has 94 valence electrons. The predicted octanol–water partition coefficient (Wildman–Crippen LogP) is 2.80. The molecule has 3 nitrogen and oxygen atoms in total. The van der Waals surface area contributed by atoms with Crippen LogP contribution in [0.1, 0.15) is 55.6 Å². The highest BCUT2D eigenvalue weighted by Gasteiger charge is 2.27. The molecule has 1 fully saturated rings. The van der Waals surface area contributed by atoms with Crippen LogP contribution in [0.3, 0.4) is 0 Å². The summed E-state index contributed by atoms with van der Waals surface area (Å²) in [5, 5.41) is 12.0. The van der Waals surface area contributed by atoms with Gasteiger partial charge in [-0.05, 0) is 50.8 Å². The van der Waals surface area contributed by atoms with Crippen molar-refractivity contribution in [2.45, 2.75) is 52.0 Å². The summed E-state index contributed by atoms with van der Waals surface area (Å²) in [5.74, 6) is 0.772. The Morgan fingerprint density at radius 1 is 1.35 bits per heavy atom. The first-order chi connectivity index (χ1) is 8.26. The molecule has 1 aromatic rings. The van der Waals surface area contributed by atoms with Crippen LogP contribution in [0.5, 0.6) is 0 Å². The highest BCUT2D eigenvalue weighted by atomic mass is 15.1. The largest absolute Gasteiger partial charge is 0.313 e. The van der Waals surface area contributed by atoms with Crippen molar-refractivity contribution in [3.63, 3.8) is 0 Å². The third-order valence-corrected chi connectivity index (χ3v) is 3.88. The van der Waals surface area contributed by atoms with Crippen molar-refractivity contribution < 1.29 is 0 Å². The Bertz CT molecular complexity index is 370. The van der Waals surface area contributed by atoms with Crippen LogP contribution >= 0.6 is 0 Å². The maximum Gasteiger partial charge on any atom is 0.0676 e. The standard InChI is InChI=1S/C14H23N3/c1-4-13-12(9-10(2)16-17-13)14(15-3)11-7-5-6-8-11/h9,11,14-15H,4-8H2,1-3H3. The zero-order chi connectivity index (χ0) is 12.3. The maximum absolute atomic E-state index is 4.35. The van der Waals surface area contributed by atoms with Crippen LogP contribution in [-0.4, -0.2) is 17.2 Å². The minimum absolute atomic E-state index is 0.460. The zero-order valence-electron chi connectivity index (χ0n) is 11.2. The number of nitrogens with one attached hydrogen (secondary N) is 1. The lowest BCUT2D eigenvalue weighted by Gasteiger charge is -2.25. The van der Waals surface area contributed by atoms with Crippen LogP contribution in [0.4, 0.5) is 0 Å². The number of aromatic nitrogens is 2. The first-order valence-corrected chi connectivity index (χ1v) is 6.76. The monoisotopic (exact) mass is 233 g/mol. The second-order valence-electron chi connectivity index (χ2n) is 5.05. The van der Waals surface area contributed by atoms with Crippen molar-refractivity contribution in [1.82, 2.24) is 15.5 Å². The van der Waals surface area contributed by atoms with Gasteiger partial charge in [0.1, 0.15) is 0 Å². The van der Waals surface area contributed by atoms with Crippen LogP contribution in [0.15, 0.2) is 6.07 Å². The van der Waals surface area contributed by atoms with E-state index in [0.29, 0.717) is 6.04 Å². The van der Waals surface area contributed by atoms with Crippen LogP contribution < -0.4 is 5.32 Å². The Balaban J connectivity index is 2.31. The van der Waals surface area contributed by atoms with Crippen molar-refractivity contribution in [2.24, 2.45) is 5.92 Å². The molecular weight excluding hydrogens is 210 g/mol. The molecule has 0 bridgehead atoms. The fourth-order valence-corrected chi connectivity index (χ4v) is 3.01. The smallest absolute Gasteiger partial charge is 0.0676 e. The fraction of sp³-hybridized carbons (Fsp3) is 0.714. The lowest BCUT2D eigenvalue weighted by molar-refractivity contribution is 0.386. The van der Waals surface area contributed by atoms with E-state index in [-0.39, 0.29) is 0 Å². The second-order valence-corrected chi connectivity index (χ2v) is 5.05. The summed E-state index contributed by atoms with van der Waals surface area (Å²) < 4.78 is 0. The van der Waals surface area contributed by atoms with E-state index in [0.717, 1.165) is 23.7 Å². The van der Waals surface area contributed by atoms with Gasteiger partial charge in [-0.1, -0.05) is 19.8 Å². The average Bonchev–Trinajstić information content (AvgIpc) is 2.84. The summed E-state index contributed by atoms with van der Waals surface area (Å²) in [4.78, 5) is 0. The van der Waals surface area contributed by atoms with Crippen LogP contribution in [0.25, 0.3) is 0 Å².